The Morgan fingerprint density at radius 3 is 2.20 bits per heavy atom. The van der Waals surface area contributed by atoms with Crippen LogP contribution >= 0.6 is 0 Å². The van der Waals surface area contributed by atoms with Crippen LogP contribution in [0.2, 0.25) is 0 Å². The average molecular weight is 277 g/mol. The highest BCUT2D eigenvalue weighted by Crippen LogP contribution is 2.54. The Morgan fingerprint density at radius 2 is 1.70 bits per heavy atom. The molecular formula is C16H23NO3. The van der Waals surface area contributed by atoms with Gasteiger partial charge in [-0.15, -0.1) is 0 Å². The third-order valence-electron chi connectivity index (χ3n) is 4.29. The molecular weight excluding hydrogens is 254 g/mol. The van der Waals surface area contributed by atoms with Crippen LogP contribution < -0.4 is 19.5 Å². The zero-order valence-corrected chi connectivity index (χ0v) is 12.4. The Labute approximate surface area is 120 Å². The van der Waals surface area contributed by atoms with Gasteiger partial charge in [0.2, 0.25) is 0 Å². The van der Waals surface area contributed by atoms with Crippen molar-refractivity contribution in [1.82, 2.24) is 5.32 Å². The van der Waals surface area contributed by atoms with E-state index in [-0.39, 0.29) is 0 Å². The van der Waals surface area contributed by atoms with Gasteiger partial charge in [0.15, 0.2) is 0 Å². The first-order chi connectivity index (χ1) is 9.76. The highest BCUT2D eigenvalue weighted by atomic mass is 16.5. The minimum absolute atomic E-state index is 0.539. The van der Waals surface area contributed by atoms with Gasteiger partial charge < -0.3 is 19.5 Å². The van der Waals surface area contributed by atoms with Crippen LogP contribution in [0.15, 0.2) is 12.1 Å². The molecule has 2 saturated carbocycles. The summed E-state index contributed by atoms with van der Waals surface area (Å²) < 4.78 is 16.4. The predicted octanol–water partition coefficient (Wildman–Crippen LogP) is 2.57. The van der Waals surface area contributed by atoms with Crippen molar-refractivity contribution in [3.63, 3.8) is 0 Å². The third kappa shape index (κ3) is 2.70. The fourth-order valence-corrected chi connectivity index (χ4v) is 2.83. The molecule has 110 valence electrons. The van der Waals surface area contributed by atoms with Crippen LogP contribution in [0.25, 0.3) is 0 Å². The molecule has 4 nitrogen and oxygen atoms in total. The summed E-state index contributed by atoms with van der Waals surface area (Å²) in [6.45, 7) is 1.10. The molecule has 1 aromatic rings. The molecule has 2 aliphatic carbocycles. The van der Waals surface area contributed by atoms with Crippen LogP contribution in [0.4, 0.5) is 0 Å². The Hall–Kier alpha value is -1.42. The smallest absolute Gasteiger partial charge is 0.129 e. The summed E-state index contributed by atoms with van der Waals surface area (Å²) in [5, 5.41) is 3.61. The van der Waals surface area contributed by atoms with Gasteiger partial charge in [-0.3, -0.25) is 0 Å². The monoisotopic (exact) mass is 277 g/mol. The summed E-state index contributed by atoms with van der Waals surface area (Å²) in [5.41, 5.74) is 1.19. The second kappa shape index (κ2) is 5.52. The Kier molecular flexibility index (Phi) is 3.74. The lowest BCUT2D eigenvalue weighted by atomic mass is 10.1. The number of ether oxygens (including phenoxy) is 3. The van der Waals surface area contributed by atoms with E-state index in [9.17, 15) is 0 Å². The number of rotatable bonds is 7. The Bertz CT molecular complexity index is 460. The topological polar surface area (TPSA) is 39.7 Å². The molecule has 0 heterocycles. The minimum Gasteiger partial charge on any atom is -0.496 e. The van der Waals surface area contributed by atoms with Gasteiger partial charge in [-0.2, -0.15) is 0 Å². The zero-order valence-electron chi connectivity index (χ0n) is 12.4. The molecule has 4 heteroatoms. The molecule has 0 bridgehead atoms. The second-order valence-electron chi connectivity index (χ2n) is 5.73. The van der Waals surface area contributed by atoms with Crippen molar-refractivity contribution >= 4 is 0 Å². The summed E-state index contributed by atoms with van der Waals surface area (Å²) in [7, 11) is 5.07. The Balaban J connectivity index is 1.77. The van der Waals surface area contributed by atoms with E-state index in [4.69, 9.17) is 14.2 Å². The minimum atomic E-state index is 0.539. The van der Waals surface area contributed by atoms with Crippen LogP contribution in [0.1, 0.15) is 30.7 Å². The van der Waals surface area contributed by atoms with E-state index in [0.717, 1.165) is 29.8 Å². The van der Waals surface area contributed by atoms with E-state index < -0.39 is 0 Å². The van der Waals surface area contributed by atoms with Crippen molar-refractivity contribution in [2.75, 3.05) is 27.9 Å². The second-order valence-corrected chi connectivity index (χ2v) is 5.73. The fourth-order valence-electron chi connectivity index (χ4n) is 2.83. The molecule has 2 aliphatic rings. The van der Waals surface area contributed by atoms with Crippen LogP contribution in [0.5, 0.6) is 17.2 Å². The molecule has 0 radical (unpaired) electrons. The van der Waals surface area contributed by atoms with Gasteiger partial charge in [-0.1, -0.05) is 0 Å². The van der Waals surface area contributed by atoms with Crippen molar-refractivity contribution in [1.29, 1.82) is 0 Å². The lowest BCUT2D eigenvalue weighted by Crippen LogP contribution is -2.19. The molecule has 20 heavy (non-hydrogen) atoms. The largest absolute Gasteiger partial charge is 0.496 e. The van der Waals surface area contributed by atoms with Crippen molar-refractivity contribution in [3.8, 4) is 17.2 Å². The standard InChI is InChI=1S/C16H23NO3/c1-18-12-7-14(19-2)16(15(8-12)20-3)13-6-10(13)9-17-11-4-5-11/h7-8,10-11,13,17H,4-6,9H2,1-3H3. The summed E-state index contributed by atoms with van der Waals surface area (Å²) in [6, 6.07) is 4.67. The van der Waals surface area contributed by atoms with Crippen molar-refractivity contribution < 1.29 is 14.2 Å². The number of hydrogen-bond acceptors (Lipinski definition) is 4. The normalized spacial score (nSPS) is 24.4. The first-order valence-corrected chi connectivity index (χ1v) is 7.30. The summed E-state index contributed by atoms with van der Waals surface area (Å²) in [5.74, 6) is 3.76. The summed E-state index contributed by atoms with van der Waals surface area (Å²) >= 11 is 0. The molecule has 2 fully saturated rings. The highest BCUT2D eigenvalue weighted by molar-refractivity contribution is 5.54. The predicted molar refractivity (Wildman–Crippen MR) is 78.0 cm³/mol. The average Bonchev–Trinajstić information content (AvgIpc) is 3.37. The number of hydrogen-bond donors (Lipinski definition) is 1. The molecule has 0 aromatic heterocycles. The highest BCUT2D eigenvalue weighted by Gasteiger charge is 2.42. The van der Waals surface area contributed by atoms with Crippen LogP contribution in [-0.4, -0.2) is 33.9 Å². The first kappa shape index (κ1) is 13.6. The van der Waals surface area contributed by atoms with Crippen molar-refractivity contribution in [3.05, 3.63) is 17.7 Å². The molecule has 1 N–H and O–H groups in total. The fraction of sp³-hybridized carbons (Fsp3) is 0.625. The molecule has 0 saturated heterocycles. The lowest BCUT2D eigenvalue weighted by molar-refractivity contribution is 0.368. The summed E-state index contributed by atoms with van der Waals surface area (Å²) in [4.78, 5) is 0. The van der Waals surface area contributed by atoms with Gasteiger partial charge in [-0.25, -0.2) is 0 Å². The van der Waals surface area contributed by atoms with Crippen LogP contribution in [0, 0.1) is 5.92 Å². The van der Waals surface area contributed by atoms with Gasteiger partial charge in [0, 0.05) is 23.7 Å². The maximum Gasteiger partial charge on any atom is 0.129 e. The van der Waals surface area contributed by atoms with Gasteiger partial charge in [-0.05, 0) is 37.6 Å². The van der Waals surface area contributed by atoms with E-state index in [2.05, 4.69) is 5.32 Å². The van der Waals surface area contributed by atoms with E-state index >= 15 is 0 Å². The SMILES string of the molecule is COc1cc(OC)c(C2CC2CNC2CC2)c(OC)c1. The van der Waals surface area contributed by atoms with Crippen LogP contribution in [-0.2, 0) is 0 Å². The van der Waals surface area contributed by atoms with Gasteiger partial charge in [0.25, 0.3) is 0 Å². The molecule has 2 unspecified atom stereocenters. The van der Waals surface area contributed by atoms with Gasteiger partial charge >= 0.3 is 0 Å². The maximum atomic E-state index is 5.54. The Morgan fingerprint density at radius 1 is 1.05 bits per heavy atom. The van der Waals surface area contributed by atoms with Crippen LogP contribution in [0.3, 0.4) is 0 Å². The van der Waals surface area contributed by atoms with Crippen molar-refractivity contribution in [2.45, 2.75) is 31.2 Å². The zero-order chi connectivity index (χ0) is 14.1. The number of methoxy groups -OCH3 is 3. The van der Waals surface area contributed by atoms with E-state index in [1.54, 1.807) is 21.3 Å². The lowest BCUT2D eigenvalue weighted by Gasteiger charge is -2.15. The van der Waals surface area contributed by atoms with E-state index in [0.29, 0.717) is 11.8 Å². The van der Waals surface area contributed by atoms with Crippen molar-refractivity contribution in [2.24, 2.45) is 5.92 Å². The number of benzene rings is 1. The molecule has 3 rings (SSSR count). The van der Waals surface area contributed by atoms with E-state index in [1.165, 1.54) is 24.8 Å². The molecule has 2 atom stereocenters. The van der Waals surface area contributed by atoms with Gasteiger partial charge in [0.1, 0.15) is 17.2 Å². The maximum absolute atomic E-state index is 5.54. The quantitative estimate of drug-likeness (QED) is 0.831. The van der Waals surface area contributed by atoms with Gasteiger partial charge in [0.05, 0.1) is 21.3 Å². The molecule has 0 amide bonds. The summed E-state index contributed by atoms with van der Waals surface area (Å²) in [6.07, 6.45) is 3.89. The molecule has 1 aromatic carbocycles. The third-order valence-corrected chi connectivity index (χ3v) is 4.29. The molecule has 0 spiro atoms. The van der Waals surface area contributed by atoms with E-state index in [1.807, 2.05) is 12.1 Å². The first-order valence-electron chi connectivity index (χ1n) is 7.30. The number of nitrogens with one attached hydrogen (secondary N) is 1. The molecule has 0 aliphatic heterocycles.